The van der Waals surface area contributed by atoms with E-state index in [2.05, 4.69) is 4.98 Å². The van der Waals surface area contributed by atoms with Gasteiger partial charge in [0.1, 0.15) is 16.8 Å². The zero-order chi connectivity index (χ0) is 22.5. The van der Waals surface area contributed by atoms with Crippen molar-refractivity contribution >= 4 is 28.8 Å². The van der Waals surface area contributed by atoms with Crippen LogP contribution in [0, 0.1) is 0 Å². The molecule has 0 radical (unpaired) electrons. The van der Waals surface area contributed by atoms with E-state index in [9.17, 15) is 9.59 Å². The molecule has 7 nitrogen and oxygen atoms in total. The maximum Gasteiger partial charge on any atom is 0.316 e. The normalized spacial score (nSPS) is 10.9. The molecular formula is C24H23N3O4S. The van der Waals surface area contributed by atoms with Gasteiger partial charge in [0.25, 0.3) is 5.56 Å². The van der Waals surface area contributed by atoms with E-state index >= 15 is 0 Å². The van der Waals surface area contributed by atoms with Crippen molar-refractivity contribution < 1.29 is 14.3 Å². The minimum absolute atomic E-state index is 0.0689. The van der Waals surface area contributed by atoms with Crippen LogP contribution in [0.3, 0.4) is 0 Å². The van der Waals surface area contributed by atoms with Gasteiger partial charge in [-0.15, -0.1) is 0 Å². The number of carbonyl (C=O) groups excluding carboxylic acids is 1. The van der Waals surface area contributed by atoms with Crippen LogP contribution in [0.4, 0.5) is 0 Å². The number of aromatic amines is 1. The predicted octanol–water partition coefficient (Wildman–Crippen LogP) is 4.10. The third kappa shape index (κ3) is 4.55. The molecule has 164 valence electrons. The Hall–Kier alpha value is -3.52. The quantitative estimate of drug-likeness (QED) is 0.248. The zero-order valence-corrected chi connectivity index (χ0v) is 18.6. The van der Waals surface area contributed by atoms with Crippen LogP contribution >= 0.6 is 11.8 Å². The second-order valence-corrected chi connectivity index (χ2v) is 7.96. The number of thioether (sulfide) groups is 1. The summed E-state index contributed by atoms with van der Waals surface area (Å²) in [6, 6.07) is 17.3. The van der Waals surface area contributed by atoms with Crippen LogP contribution in [-0.2, 0) is 16.1 Å². The van der Waals surface area contributed by atoms with E-state index in [0.717, 1.165) is 22.4 Å². The highest BCUT2D eigenvalue weighted by Crippen LogP contribution is 2.28. The summed E-state index contributed by atoms with van der Waals surface area (Å²) in [5.41, 5.74) is 3.53. The van der Waals surface area contributed by atoms with Crippen LogP contribution in [-0.4, -0.2) is 40.0 Å². The molecule has 0 fully saturated rings. The minimum atomic E-state index is -0.347. The summed E-state index contributed by atoms with van der Waals surface area (Å²) >= 11 is 1.20. The molecule has 0 saturated heterocycles. The number of aromatic nitrogens is 3. The lowest BCUT2D eigenvalue weighted by Gasteiger charge is -2.13. The molecule has 0 unspecified atom stereocenters. The van der Waals surface area contributed by atoms with Crippen molar-refractivity contribution in [3.05, 3.63) is 76.7 Å². The average molecular weight is 450 g/mol. The number of hydrogen-bond donors (Lipinski definition) is 1. The van der Waals surface area contributed by atoms with Crippen LogP contribution < -0.4 is 10.3 Å². The van der Waals surface area contributed by atoms with Gasteiger partial charge in [-0.25, -0.2) is 4.98 Å². The summed E-state index contributed by atoms with van der Waals surface area (Å²) in [4.78, 5) is 33.3. The lowest BCUT2D eigenvalue weighted by molar-refractivity contribution is -0.139. The third-order valence-electron chi connectivity index (χ3n) is 4.96. The molecule has 2 aromatic carbocycles. The Labute approximate surface area is 189 Å². The predicted molar refractivity (Wildman–Crippen MR) is 125 cm³/mol. The highest BCUT2D eigenvalue weighted by atomic mass is 32.2. The molecule has 1 N–H and O–H groups in total. The fraction of sp³-hybridized carbons (Fsp3) is 0.208. The topological polar surface area (TPSA) is 86.2 Å². The van der Waals surface area contributed by atoms with Gasteiger partial charge in [0.2, 0.25) is 0 Å². The fourth-order valence-corrected chi connectivity index (χ4v) is 4.19. The van der Waals surface area contributed by atoms with Crippen LogP contribution in [0.1, 0.15) is 12.5 Å². The molecule has 0 amide bonds. The van der Waals surface area contributed by atoms with Gasteiger partial charge in [0.05, 0.1) is 26.0 Å². The SMILES string of the molecule is CCOC(=O)CSc1nc2c(-c3ccccc3)c[nH]c2c(=O)n1Cc1ccc(OC)cc1. The Kier molecular flexibility index (Phi) is 6.61. The number of carbonyl (C=O) groups is 1. The van der Waals surface area contributed by atoms with E-state index < -0.39 is 0 Å². The molecule has 2 aromatic heterocycles. The number of rotatable bonds is 8. The number of ether oxygens (including phenoxy) is 2. The number of nitrogens with one attached hydrogen (secondary N) is 1. The van der Waals surface area contributed by atoms with E-state index in [1.54, 1.807) is 24.8 Å². The maximum atomic E-state index is 13.4. The van der Waals surface area contributed by atoms with E-state index in [-0.39, 0.29) is 17.3 Å². The second kappa shape index (κ2) is 9.74. The molecule has 0 saturated carbocycles. The molecule has 8 heteroatoms. The van der Waals surface area contributed by atoms with Crippen molar-refractivity contribution in [2.45, 2.75) is 18.6 Å². The van der Waals surface area contributed by atoms with E-state index in [1.165, 1.54) is 11.8 Å². The molecular weight excluding hydrogens is 426 g/mol. The van der Waals surface area contributed by atoms with Crippen molar-refractivity contribution in [2.24, 2.45) is 0 Å². The lowest BCUT2D eigenvalue weighted by atomic mass is 10.1. The Morgan fingerprint density at radius 2 is 1.88 bits per heavy atom. The second-order valence-electron chi connectivity index (χ2n) is 7.02. The molecule has 0 bridgehead atoms. The summed E-state index contributed by atoms with van der Waals surface area (Å²) in [5, 5.41) is 0.461. The summed E-state index contributed by atoms with van der Waals surface area (Å²) in [6.07, 6.45) is 1.80. The molecule has 0 aliphatic carbocycles. The van der Waals surface area contributed by atoms with Gasteiger partial charge in [-0.2, -0.15) is 0 Å². The van der Waals surface area contributed by atoms with Gasteiger partial charge in [0, 0.05) is 11.8 Å². The van der Waals surface area contributed by atoms with Crippen molar-refractivity contribution in [1.82, 2.24) is 14.5 Å². The Bertz CT molecular complexity index is 1280. The van der Waals surface area contributed by atoms with Crippen molar-refractivity contribution in [2.75, 3.05) is 19.5 Å². The van der Waals surface area contributed by atoms with E-state index in [1.807, 2.05) is 54.6 Å². The van der Waals surface area contributed by atoms with Crippen molar-refractivity contribution in [3.63, 3.8) is 0 Å². The van der Waals surface area contributed by atoms with Crippen LogP contribution in [0.5, 0.6) is 5.75 Å². The van der Waals surface area contributed by atoms with Gasteiger partial charge < -0.3 is 14.5 Å². The number of benzene rings is 2. The average Bonchev–Trinajstić information content (AvgIpc) is 3.25. The van der Waals surface area contributed by atoms with Gasteiger partial charge >= 0.3 is 5.97 Å². The number of nitrogens with zero attached hydrogens (tertiary/aromatic N) is 2. The first-order valence-electron chi connectivity index (χ1n) is 10.2. The Balaban J connectivity index is 1.79. The first kappa shape index (κ1) is 21.7. The molecule has 2 heterocycles. The largest absolute Gasteiger partial charge is 0.497 e. The van der Waals surface area contributed by atoms with Crippen molar-refractivity contribution in [3.8, 4) is 16.9 Å². The van der Waals surface area contributed by atoms with E-state index in [4.69, 9.17) is 14.5 Å². The molecule has 4 aromatic rings. The number of hydrogen-bond acceptors (Lipinski definition) is 6. The summed E-state index contributed by atoms with van der Waals surface area (Å²) < 4.78 is 11.8. The zero-order valence-electron chi connectivity index (χ0n) is 17.8. The molecule has 0 aliphatic rings. The van der Waals surface area contributed by atoms with Crippen molar-refractivity contribution in [1.29, 1.82) is 0 Å². The number of esters is 1. The number of H-pyrrole nitrogens is 1. The van der Waals surface area contributed by atoms with Crippen LogP contribution in [0.2, 0.25) is 0 Å². The molecule has 0 atom stereocenters. The molecule has 32 heavy (non-hydrogen) atoms. The molecule has 4 rings (SSSR count). The highest BCUT2D eigenvalue weighted by Gasteiger charge is 2.18. The summed E-state index contributed by atoms with van der Waals surface area (Å²) in [6.45, 7) is 2.38. The monoisotopic (exact) mass is 449 g/mol. The molecule has 0 aliphatic heterocycles. The van der Waals surface area contributed by atoms with Gasteiger partial charge in [-0.1, -0.05) is 54.2 Å². The van der Waals surface area contributed by atoms with E-state index in [0.29, 0.717) is 29.3 Å². The van der Waals surface area contributed by atoms with Crippen LogP contribution in [0.15, 0.2) is 70.7 Å². The first-order chi connectivity index (χ1) is 15.6. The third-order valence-corrected chi connectivity index (χ3v) is 5.91. The minimum Gasteiger partial charge on any atom is -0.497 e. The Morgan fingerprint density at radius 1 is 1.12 bits per heavy atom. The van der Waals surface area contributed by atoms with Crippen LogP contribution in [0.25, 0.3) is 22.2 Å². The Morgan fingerprint density at radius 3 is 2.56 bits per heavy atom. The smallest absolute Gasteiger partial charge is 0.316 e. The molecule has 0 spiro atoms. The highest BCUT2D eigenvalue weighted by molar-refractivity contribution is 7.99. The van der Waals surface area contributed by atoms with Gasteiger partial charge in [-0.05, 0) is 30.2 Å². The summed E-state index contributed by atoms with van der Waals surface area (Å²) in [5.74, 6) is 0.461. The van der Waals surface area contributed by atoms with Gasteiger partial charge in [-0.3, -0.25) is 14.2 Å². The summed E-state index contributed by atoms with van der Waals surface area (Å²) in [7, 11) is 1.61. The fourth-order valence-electron chi connectivity index (χ4n) is 3.40. The lowest BCUT2D eigenvalue weighted by Crippen LogP contribution is -2.24. The maximum absolute atomic E-state index is 13.4. The number of methoxy groups -OCH3 is 1. The first-order valence-corrected chi connectivity index (χ1v) is 11.2. The van der Waals surface area contributed by atoms with Gasteiger partial charge in [0.15, 0.2) is 5.16 Å². The standard InChI is InChI=1S/C24H23N3O4S/c1-3-31-20(28)15-32-24-26-21-19(17-7-5-4-6-8-17)13-25-22(21)23(29)27(24)14-16-9-11-18(30-2)12-10-16/h4-13,25H,3,14-15H2,1-2H3. The number of fused-ring (bicyclic) bond motifs is 1.